The van der Waals surface area contributed by atoms with Gasteiger partial charge in [-0.2, -0.15) is 0 Å². The maximum absolute atomic E-state index is 4.27. The molecule has 1 fully saturated rings. The van der Waals surface area contributed by atoms with Crippen LogP contribution >= 0.6 is 23.1 Å². The van der Waals surface area contributed by atoms with Gasteiger partial charge in [0.05, 0.1) is 15.4 Å². The minimum atomic E-state index is 1.17. The Kier molecular flexibility index (Phi) is 4.64. The molecule has 16 heavy (non-hydrogen) atoms. The van der Waals surface area contributed by atoms with E-state index in [1.165, 1.54) is 47.7 Å². The summed E-state index contributed by atoms with van der Waals surface area (Å²) >= 11 is 3.74. The van der Waals surface area contributed by atoms with Gasteiger partial charge in [0, 0.05) is 38.5 Å². The first-order valence-corrected chi connectivity index (χ1v) is 7.50. The Morgan fingerprint density at radius 2 is 2.12 bits per heavy atom. The van der Waals surface area contributed by atoms with Crippen LogP contribution < -0.4 is 0 Å². The van der Waals surface area contributed by atoms with E-state index < -0.39 is 0 Å². The molecule has 1 saturated heterocycles. The number of likely N-dealkylation sites (N-methyl/N-ethyl adjacent to an activating group) is 1. The van der Waals surface area contributed by atoms with Crippen molar-refractivity contribution in [1.82, 2.24) is 14.8 Å². The quantitative estimate of drug-likeness (QED) is 0.766. The molecule has 0 aliphatic carbocycles. The first kappa shape index (κ1) is 12.4. The molecule has 0 unspecified atom stereocenters. The lowest BCUT2D eigenvalue weighted by atomic mass is 10.3. The number of hydrogen-bond donors (Lipinski definition) is 0. The fourth-order valence-corrected chi connectivity index (χ4v) is 3.78. The lowest BCUT2D eigenvalue weighted by molar-refractivity contribution is 0.161. The zero-order valence-corrected chi connectivity index (χ0v) is 11.6. The minimum Gasteiger partial charge on any atom is -0.304 e. The first-order chi connectivity index (χ1) is 7.74. The minimum absolute atomic E-state index is 1.17. The molecular formula is C11H19N3S2. The van der Waals surface area contributed by atoms with E-state index in [2.05, 4.69) is 28.8 Å². The zero-order valence-electron chi connectivity index (χ0n) is 9.98. The van der Waals surface area contributed by atoms with Gasteiger partial charge in [0.15, 0.2) is 0 Å². The Morgan fingerprint density at radius 1 is 1.38 bits per heavy atom. The van der Waals surface area contributed by atoms with E-state index >= 15 is 0 Å². The molecule has 0 N–H and O–H groups in total. The van der Waals surface area contributed by atoms with Crippen molar-refractivity contribution in [3.63, 3.8) is 0 Å². The molecule has 0 atom stereocenters. The summed E-state index contributed by atoms with van der Waals surface area (Å²) in [5.74, 6) is 1.19. The molecule has 0 aromatic carbocycles. The van der Waals surface area contributed by atoms with Crippen LogP contribution in [0.4, 0.5) is 0 Å². The molecule has 1 aliphatic heterocycles. The number of piperazine rings is 1. The van der Waals surface area contributed by atoms with Crippen LogP contribution in [0.2, 0.25) is 0 Å². The number of nitrogens with zero attached hydrogens (tertiary/aromatic N) is 3. The van der Waals surface area contributed by atoms with Crippen molar-refractivity contribution in [2.24, 2.45) is 0 Å². The molecule has 0 saturated carbocycles. The summed E-state index contributed by atoms with van der Waals surface area (Å²) in [7, 11) is 2.20. The van der Waals surface area contributed by atoms with Crippen LogP contribution in [0.15, 0.2) is 10.4 Å². The fraction of sp³-hybridized carbons (Fsp3) is 0.727. The van der Waals surface area contributed by atoms with Gasteiger partial charge in [-0.05, 0) is 14.0 Å². The van der Waals surface area contributed by atoms with Gasteiger partial charge in [0.25, 0.3) is 0 Å². The molecule has 0 amide bonds. The summed E-state index contributed by atoms with van der Waals surface area (Å²) in [6.07, 6.45) is 1.99. The fourth-order valence-electron chi connectivity index (χ4n) is 1.76. The summed E-state index contributed by atoms with van der Waals surface area (Å²) in [4.78, 5) is 9.22. The van der Waals surface area contributed by atoms with Crippen molar-refractivity contribution in [3.8, 4) is 0 Å². The zero-order chi connectivity index (χ0) is 11.4. The monoisotopic (exact) mass is 257 g/mol. The molecule has 0 spiro atoms. The summed E-state index contributed by atoms with van der Waals surface area (Å²) in [6, 6.07) is 0. The maximum Gasteiger partial charge on any atom is 0.0905 e. The third-order valence-corrected chi connectivity index (χ3v) is 4.94. The Morgan fingerprint density at radius 3 is 2.75 bits per heavy atom. The van der Waals surface area contributed by atoms with Crippen molar-refractivity contribution in [2.75, 3.05) is 45.5 Å². The summed E-state index contributed by atoms with van der Waals surface area (Å²) in [5, 5.41) is 1.17. The SMILES string of the molecule is Cc1ncc(SCCN2CCN(C)CC2)s1. The second-order valence-electron chi connectivity index (χ2n) is 4.19. The highest BCUT2D eigenvalue weighted by Crippen LogP contribution is 2.24. The van der Waals surface area contributed by atoms with Crippen LogP contribution in [-0.2, 0) is 0 Å². The van der Waals surface area contributed by atoms with Crippen molar-refractivity contribution in [1.29, 1.82) is 0 Å². The van der Waals surface area contributed by atoms with E-state index in [4.69, 9.17) is 0 Å². The molecule has 90 valence electrons. The van der Waals surface area contributed by atoms with Gasteiger partial charge in [-0.1, -0.05) is 0 Å². The molecule has 2 rings (SSSR count). The van der Waals surface area contributed by atoms with Gasteiger partial charge >= 0.3 is 0 Å². The van der Waals surface area contributed by atoms with Crippen LogP contribution in [0.3, 0.4) is 0 Å². The maximum atomic E-state index is 4.27. The predicted octanol–water partition coefficient (Wildman–Crippen LogP) is 1.79. The summed E-state index contributed by atoms with van der Waals surface area (Å²) < 4.78 is 1.35. The van der Waals surface area contributed by atoms with E-state index in [0.717, 1.165) is 0 Å². The second-order valence-corrected chi connectivity index (χ2v) is 6.82. The van der Waals surface area contributed by atoms with Crippen LogP contribution in [-0.4, -0.2) is 60.3 Å². The lowest BCUT2D eigenvalue weighted by Crippen LogP contribution is -2.45. The van der Waals surface area contributed by atoms with Gasteiger partial charge in [0.2, 0.25) is 0 Å². The Labute approximate surface area is 106 Å². The molecule has 1 aliphatic rings. The average molecular weight is 257 g/mol. The van der Waals surface area contributed by atoms with E-state index in [0.29, 0.717) is 0 Å². The molecule has 0 radical (unpaired) electrons. The standard InChI is InChI=1S/C11H19N3S2/c1-10-12-9-11(16-10)15-8-7-14-5-3-13(2)4-6-14/h9H,3-8H2,1-2H3. The molecule has 1 aromatic heterocycles. The topological polar surface area (TPSA) is 19.4 Å². The van der Waals surface area contributed by atoms with E-state index in [-0.39, 0.29) is 0 Å². The first-order valence-electron chi connectivity index (χ1n) is 5.70. The highest BCUT2D eigenvalue weighted by molar-refractivity contribution is 8.01. The molecule has 3 nitrogen and oxygen atoms in total. The number of aryl methyl sites for hydroxylation is 1. The summed E-state index contributed by atoms with van der Waals surface area (Å²) in [6.45, 7) is 8.14. The number of rotatable bonds is 4. The van der Waals surface area contributed by atoms with Gasteiger partial charge in [-0.3, -0.25) is 4.90 Å². The molecule has 0 bridgehead atoms. The van der Waals surface area contributed by atoms with Gasteiger partial charge in [-0.15, -0.1) is 23.1 Å². The predicted molar refractivity (Wildman–Crippen MR) is 71.5 cm³/mol. The average Bonchev–Trinajstić information content (AvgIpc) is 2.67. The Hall–Kier alpha value is -0.100. The van der Waals surface area contributed by atoms with E-state index in [1.54, 1.807) is 11.3 Å². The van der Waals surface area contributed by atoms with Crippen molar-refractivity contribution < 1.29 is 0 Å². The summed E-state index contributed by atoms with van der Waals surface area (Å²) in [5.41, 5.74) is 0. The van der Waals surface area contributed by atoms with Crippen LogP contribution in [0, 0.1) is 6.92 Å². The van der Waals surface area contributed by atoms with E-state index in [1.807, 2.05) is 18.0 Å². The van der Waals surface area contributed by atoms with Crippen molar-refractivity contribution in [3.05, 3.63) is 11.2 Å². The number of thioether (sulfide) groups is 1. The molecular weight excluding hydrogens is 238 g/mol. The van der Waals surface area contributed by atoms with E-state index in [9.17, 15) is 0 Å². The third-order valence-electron chi connectivity index (χ3n) is 2.85. The van der Waals surface area contributed by atoms with Crippen LogP contribution in [0.25, 0.3) is 0 Å². The highest BCUT2D eigenvalue weighted by Gasteiger charge is 2.13. The lowest BCUT2D eigenvalue weighted by Gasteiger charge is -2.32. The van der Waals surface area contributed by atoms with Gasteiger partial charge in [0.1, 0.15) is 0 Å². The normalized spacial score (nSPS) is 19.1. The number of aromatic nitrogens is 1. The number of thiazole rings is 1. The van der Waals surface area contributed by atoms with Crippen molar-refractivity contribution >= 4 is 23.1 Å². The van der Waals surface area contributed by atoms with Crippen LogP contribution in [0.5, 0.6) is 0 Å². The van der Waals surface area contributed by atoms with Gasteiger partial charge < -0.3 is 4.90 Å². The molecule has 1 aromatic rings. The molecule has 2 heterocycles. The largest absolute Gasteiger partial charge is 0.304 e. The molecule has 5 heteroatoms. The number of hydrogen-bond acceptors (Lipinski definition) is 5. The highest BCUT2D eigenvalue weighted by atomic mass is 32.2. The van der Waals surface area contributed by atoms with Crippen molar-refractivity contribution in [2.45, 2.75) is 11.1 Å². The van der Waals surface area contributed by atoms with Crippen LogP contribution in [0.1, 0.15) is 5.01 Å². The second kappa shape index (κ2) is 6.00. The smallest absolute Gasteiger partial charge is 0.0905 e. The third kappa shape index (κ3) is 3.73. The van der Waals surface area contributed by atoms with Gasteiger partial charge in [-0.25, -0.2) is 4.98 Å². The Bertz CT molecular complexity index is 319. The Balaban J connectivity index is 1.64.